The smallest absolute Gasteiger partial charge is 0.240 e. The number of sulfonamides is 1. The number of nitrogens with one attached hydrogen (secondary N) is 2. The van der Waals surface area contributed by atoms with Crippen LogP contribution in [0.4, 0.5) is 15.8 Å². The first kappa shape index (κ1) is 27.6. The molecule has 0 spiro atoms. The second-order valence-corrected chi connectivity index (χ2v) is 10.3. The molecule has 0 aromatic heterocycles. The molecule has 0 radical (unpaired) electrons. The number of benzene rings is 4. The van der Waals surface area contributed by atoms with E-state index in [0.29, 0.717) is 23.7 Å². The molecule has 0 heterocycles. The molecular formula is C29H29FN4O4S. The zero-order valence-corrected chi connectivity index (χ0v) is 22.1. The van der Waals surface area contributed by atoms with Gasteiger partial charge in [-0.05, 0) is 66.2 Å². The molecule has 4 rings (SSSR count). The van der Waals surface area contributed by atoms with Crippen molar-refractivity contribution in [1.82, 2.24) is 4.72 Å². The summed E-state index contributed by atoms with van der Waals surface area (Å²) in [6.07, 6.45) is 0. The van der Waals surface area contributed by atoms with Crippen LogP contribution in [0.25, 0.3) is 0 Å². The number of nitrogens with zero attached hydrogens (tertiary/aromatic N) is 1. The number of anilines is 2. The summed E-state index contributed by atoms with van der Waals surface area (Å²) in [7, 11) is -2.29. The molecule has 0 amide bonds. The van der Waals surface area contributed by atoms with Crippen molar-refractivity contribution in [2.75, 3.05) is 25.1 Å². The van der Waals surface area contributed by atoms with Crippen LogP contribution in [0.5, 0.6) is 11.5 Å². The van der Waals surface area contributed by atoms with Gasteiger partial charge in [-0.15, -0.1) is 0 Å². The predicted molar refractivity (Wildman–Crippen MR) is 150 cm³/mol. The number of rotatable bonds is 12. The van der Waals surface area contributed by atoms with Gasteiger partial charge in [0.15, 0.2) is 11.5 Å². The van der Waals surface area contributed by atoms with E-state index in [2.05, 4.69) is 4.72 Å². The van der Waals surface area contributed by atoms with Crippen LogP contribution >= 0.6 is 0 Å². The fraction of sp³-hybridized carbons (Fsp3) is 0.138. The monoisotopic (exact) mass is 548 g/mol. The molecule has 0 unspecified atom stereocenters. The lowest BCUT2D eigenvalue weighted by Crippen LogP contribution is -2.33. The van der Waals surface area contributed by atoms with Gasteiger partial charge in [-0.25, -0.2) is 17.5 Å². The van der Waals surface area contributed by atoms with E-state index in [4.69, 9.17) is 20.6 Å². The molecule has 4 aromatic rings. The summed E-state index contributed by atoms with van der Waals surface area (Å²) in [6, 6.07) is 26.9. The van der Waals surface area contributed by atoms with Crippen molar-refractivity contribution in [2.45, 2.75) is 11.5 Å². The van der Waals surface area contributed by atoms with Crippen LogP contribution in [0.1, 0.15) is 11.1 Å². The number of ether oxygens (including phenoxy) is 2. The first-order valence-electron chi connectivity index (χ1n) is 12.1. The lowest BCUT2D eigenvalue weighted by atomic mass is 10.1. The van der Waals surface area contributed by atoms with E-state index in [1.807, 2.05) is 47.4 Å². The maximum absolute atomic E-state index is 13.2. The van der Waals surface area contributed by atoms with Crippen molar-refractivity contribution in [3.63, 3.8) is 0 Å². The minimum Gasteiger partial charge on any atom is -0.493 e. The van der Waals surface area contributed by atoms with Crippen molar-refractivity contribution in [2.24, 2.45) is 5.73 Å². The van der Waals surface area contributed by atoms with Gasteiger partial charge in [-0.2, -0.15) is 0 Å². The fourth-order valence-corrected chi connectivity index (χ4v) is 4.92. The highest BCUT2D eigenvalue weighted by molar-refractivity contribution is 7.89. The molecular weight excluding hydrogens is 519 g/mol. The molecule has 0 fully saturated rings. The summed E-state index contributed by atoms with van der Waals surface area (Å²) in [6.45, 7) is 0.688. The topological polar surface area (TPSA) is 118 Å². The molecule has 10 heteroatoms. The number of halogens is 1. The van der Waals surface area contributed by atoms with E-state index >= 15 is 0 Å². The molecule has 4 aromatic carbocycles. The van der Waals surface area contributed by atoms with Crippen molar-refractivity contribution < 1.29 is 22.3 Å². The van der Waals surface area contributed by atoms with Crippen LogP contribution < -0.4 is 24.8 Å². The van der Waals surface area contributed by atoms with Crippen molar-refractivity contribution in [1.29, 1.82) is 5.41 Å². The lowest BCUT2D eigenvalue weighted by Gasteiger charge is -2.26. The summed E-state index contributed by atoms with van der Waals surface area (Å²) in [5, 5.41) is 7.66. The van der Waals surface area contributed by atoms with Crippen LogP contribution in [0, 0.1) is 11.2 Å². The van der Waals surface area contributed by atoms with Gasteiger partial charge < -0.3 is 20.1 Å². The number of hydrogen-bond acceptors (Lipinski definition) is 6. The van der Waals surface area contributed by atoms with E-state index in [-0.39, 0.29) is 23.8 Å². The zero-order valence-electron chi connectivity index (χ0n) is 21.3. The first-order chi connectivity index (χ1) is 18.8. The molecule has 8 nitrogen and oxygen atoms in total. The first-order valence-corrected chi connectivity index (χ1v) is 13.6. The summed E-state index contributed by atoms with van der Waals surface area (Å²) in [4.78, 5) is 1.88. The molecule has 0 aliphatic rings. The molecule has 39 heavy (non-hydrogen) atoms. The van der Waals surface area contributed by atoms with Gasteiger partial charge in [0, 0.05) is 36.1 Å². The molecule has 0 saturated heterocycles. The lowest BCUT2D eigenvalue weighted by molar-refractivity contribution is 0.284. The zero-order chi connectivity index (χ0) is 27.8. The number of methoxy groups -OCH3 is 1. The minimum absolute atomic E-state index is 0.0251. The highest BCUT2D eigenvalue weighted by Crippen LogP contribution is 2.35. The Labute approximate surface area is 227 Å². The Morgan fingerprint density at radius 3 is 2.23 bits per heavy atom. The number of amidine groups is 1. The molecule has 0 bridgehead atoms. The highest BCUT2D eigenvalue weighted by atomic mass is 32.2. The number of nitrogen functional groups attached to an aromatic ring is 1. The van der Waals surface area contributed by atoms with Crippen LogP contribution in [-0.2, 0) is 16.6 Å². The van der Waals surface area contributed by atoms with Gasteiger partial charge in [-0.3, -0.25) is 5.41 Å². The SMILES string of the molecule is COc1cc(N(CCNS(=O)(=O)c2ccc(F)cc2)c2ccc(C(=N)N)cc2)ccc1OCc1ccccc1. The Morgan fingerprint density at radius 2 is 1.59 bits per heavy atom. The average molecular weight is 549 g/mol. The third-order valence-corrected chi connectivity index (χ3v) is 7.41. The summed E-state index contributed by atoms with van der Waals surface area (Å²) >= 11 is 0. The highest BCUT2D eigenvalue weighted by Gasteiger charge is 2.17. The van der Waals surface area contributed by atoms with Gasteiger partial charge >= 0.3 is 0 Å². The summed E-state index contributed by atoms with van der Waals surface area (Å²) < 4.78 is 52.9. The third kappa shape index (κ3) is 7.13. The second-order valence-electron chi connectivity index (χ2n) is 8.57. The Kier molecular flexibility index (Phi) is 8.80. The van der Waals surface area contributed by atoms with Gasteiger partial charge in [-0.1, -0.05) is 30.3 Å². The maximum atomic E-state index is 13.2. The van der Waals surface area contributed by atoms with Crippen LogP contribution in [0.3, 0.4) is 0 Å². The van der Waals surface area contributed by atoms with Crippen molar-refractivity contribution in [3.05, 3.63) is 114 Å². The summed E-state index contributed by atoms with van der Waals surface area (Å²) in [5.74, 6) is 0.510. The van der Waals surface area contributed by atoms with Crippen LogP contribution in [0.15, 0.2) is 102 Å². The standard InChI is InChI=1S/C29H29FN4O4S/c1-37-28-19-25(13-16-27(28)38-20-21-5-3-2-4-6-21)34(24-11-7-22(8-12-24)29(31)32)18-17-33-39(35,36)26-14-9-23(30)10-15-26/h2-16,19,33H,17-18,20H2,1H3,(H3,31,32). The number of nitrogens with two attached hydrogens (primary N) is 1. The predicted octanol–water partition coefficient (Wildman–Crippen LogP) is 4.81. The van der Waals surface area contributed by atoms with Crippen molar-refractivity contribution >= 4 is 27.2 Å². The van der Waals surface area contributed by atoms with Gasteiger partial charge in [0.2, 0.25) is 10.0 Å². The van der Waals surface area contributed by atoms with E-state index in [1.165, 1.54) is 12.1 Å². The van der Waals surface area contributed by atoms with E-state index in [0.717, 1.165) is 29.1 Å². The molecule has 4 N–H and O–H groups in total. The third-order valence-electron chi connectivity index (χ3n) is 5.94. The fourth-order valence-electron chi connectivity index (χ4n) is 3.90. The van der Waals surface area contributed by atoms with Crippen LogP contribution in [-0.4, -0.2) is 34.5 Å². The molecule has 0 saturated carbocycles. The minimum atomic E-state index is -3.84. The average Bonchev–Trinajstić information content (AvgIpc) is 2.95. The Morgan fingerprint density at radius 1 is 0.923 bits per heavy atom. The number of hydrogen-bond donors (Lipinski definition) is 3. The largest absolute Gasteiger partial charge is 0.493 e. The van der Waals surface area contributed by atoms with Gasteiger partial charge in [0.05, 0.1) is 12.0 Å². The van der Waals surface area contributed by atoms with Crippen molar-refractivity contribution in [3.8, 4) is 11.5 Å². The Bertz CT molecular complexity index is 1510. The molecule has 0 aliphatic heterocycles. The normalized spacial score (nSPS) is 11.1. The van der Waals surface area contributed by atoms with Gasteiger partial charge in [0.25, 0.3) is 0 Å². The summed E-state index contributed by atoms with van der Waals surface area (Å²) in [5.41, 5.74) is 8.68. The molecule has 0 aliphatic carbocycles. The van der Waals surface area contributed by atoms with E-state index in [1.54, 1.807) is 37.4 Å². The van der Waals surface area contributed by atoms with Gasteiger partial charge in [0.1, 0.15) is 18.3 Å². The Hall–Kier alpha value is -4.41. The second kappa shape index (κ2) is 12.4. The maximum Gasteiger partial charge on any atom is 0.240 e. The molecule has 202 valence electrons. The van der Waals surface area contributed by atoms with E-state index in [9.17, 15) is 12.8 Å². The Balaban J connectivity index is 1.57. The molecule has 0 atom stereocenters. The van der Waals surface area contributed by atoms with E-state index < -0.39 is 15.8 Å². The van der Waals surface area contributed by atoms with Crippen LogP contribution in [0.2, 0.25) is 0 Å². The quantitative estimate of drug-likeness (QED) is 0.173.